The topological polar surface area (TPSA) is 84.4 Å². The van der Waals surface area contributed by atoms with Crippen molar-refractivity contribution in [3.8, 4) is 0 Å². The van der Waals surface area contributed by atoms with E-state index in [9.17, 15) is 9.18 Å². The number of hydrazine groups is 1. The summed E-state index contributed by atoms with van der Waals surface area (Å²) < 4.78 is 13.3. The maximum absolute atomic E-state index is 13.3. The third kappa shape index (κ3) is 2.57. The molecule has 5 N–H and O–H groups in total. The number of hydrogen-bond donors (Lipinski definition) is 3. The van der Waals surface area contributed by atoms with Gasteiger partial charge in [-0.1, -0.05) is 0 Å². The van der Waals surface area contributed by atoms with Crippen LogP contribution in [0.25, 0.3) is 0 Å². The molecule has 82 valence electrons. The molecule has 0 unspecified atom stereocenters. The molecule has 0 saturated carbocycles. The number of nitrogens with two attached hydrogens (primary N) is 2. The molecule has 0 aliphatic heterocycles. The summed E-state index contributed by atoms with van der Waals surface area (Å²) in [6.07, 6.45) is 0. The molecule has 0 aromatic heterocycles. The number of hydrogen-bond acceptors (Lipinski definition) is 4. The number of anilines is 2. The Hall–Kier alpha value is -1.82. The van der Waals surface area contributed by atoms with Gasteiger partial charge in [0.25, 0.3) is 5.91 Å². The lowest BCUT2D eigenvalue weighted by atomic mass is 10.1. The smallest absolute Gasteiger partial charge is 0.250 e. The zero-order valence-electron chi connectivity index (χ0n) is 8.54. The van der Waals surface area contributed by atoms with Crippen LogP contribution in [0.3, 0.4) is 0 Å². The summed E-state index contributed by atoms with van der Waals surface area (Å²) in [5.74, 6) is -1.22. The van der Waals surface area contributed by atoms with Crippen LogP contribution in [0.4, 0.5) is 15.8 Å². The lowest BCUT2D eigenvalue weighted by Crippen LogP contribution is -2.21. The zero-order chi connectivity index (χ0) is 11.6. The summed E-state index contributed by atoms with van der Waals surface area (Å²) in [4.78, 5) is 10.9. The molecule has 6 heteroatoms. The fourth-order valence-corrected chi connectivity index (χ4v) is 1.13. The largest absolute Gasteiger partial charge is 0.398 e. The Morgan fingerprint density at radius 1 is 1.47 bits per heavy atom. The van der Waals surface area contributed by atoms with E-state index in [1.807, 2.05) is 0 Å². The first-order chi connectivity index (χ1) is 6.91. The predicted octanol–water partition coefficient (Wildman–Crippen LogP) is 0.395. The fraction of sp³-hybridized carbons (Fsp3) is 0.222. The van der Waals surface area contributed by atoms with Crippen LogP contribution >= 0.6 is 0 Å². The molecule has 1 rings (SSSR count). The Kier molecular flexibility index (Phi) is 3.11. The number of halogens is 1. The first-order valence-corrected chi connectivity index (χ1v) is 4.24. The third-order valence-corrected chi connectivity index (χ3v) is 1.75. The first kappa shape index (κ1) is 11.3. The molecule has 0 saturated heterocycles. The molecule has 0 atom stereocenters. The highest BCUT2D eigenvalue weighted by atomic mass is 19.1. The number of amides is 1. The SMILES string of the molecule is CN(C)Nc1cc(C(N)=O)c(N)cc1F. The van der Waals surface area contributed by atoms with Crippen LogP contribution in [-0.2, 0) is 0 Å². The van der Waals surface area contributed by atoms with Crippen molar-refractivity contribution in [1.82, 2.24) is 5.01 Å². The van der Waals surface area contributed by atoms with Crippen LogP contribution in [0.2, 0.25) is 0 Å². The molecule has 0 aliphatic rings. The Labute approximate surface area is 86.8 Å². The summed E-state index contributed by atoms with van der Waals surface area (Å²) in [7, 11) is 3.39. The second kappa shape index (κ2) is 4.14. The Morgan fingerprint density at radius 2 is 2.07 bits per heavy atom. The molecule has 15 heavy (non-hydrogen) atoms. The standard InChI is InChI=1S/C9H13FN4O/c1-14(2)13-8-3-5(9(12)15)7(11)4-6(8)10/h3-4,13H,11H2,1-2H3,(H2,12,15). The summed E-state index contributed by atoms with van der Waals surface area (Å²) in [5, 5.41) is 1.54. The highest BCUT2D eigenvalue weighted by Crippen LogP contribution is 2.21. The summed E-state index contributed by atoms with van der Waals surface area (Å²) in [6, 6.07) is 2.35. The molecule has 1 aromatic carbocycles. The maximum Gasteiger partial charge on any atom is 0.250 e. The molecule has 0 radical (unpaired) electrons. The van der Waals surface area contributed by atoms with Crippen molar-refractivity contribution in [3.05, 3.63) is 23.5 Å². The van der Waals surface area contributed by atoms with Gasteiger partial charge in [0, 0.05) is 19.8 Å². The summed E-state index contributed by atoms with van der Waals surface area (Å²) in [5.41, 5.74) is 13.5. The molecular formula is C9H13FN4O. The molecule has 5 nitrogen and oxygen atoms in total. The summed E-state index contributed by atoms with van der Waals surface area (Å²) >= 11 is 0. The van der Waals surface area contributed by atoms with Crippen LogP contribution < -0.4 is 16.9 Å². The van der Waals surface area contributed by atoms with E-state index >= 15 is 0 Å². The predicted molar refractivity (Wildman–Crippen MR) is 56.6 cm³/mol. The van der Waals surface area contributed by atoms with E-state index in [-0.39, 0.29) is 16.9 Å². The Morgan fingerprint density at radius 3 is 2.53 bits per heavy atom. The van der Waals surface area contributed by atoms with E-state index in [0.29, 0.717) is 0 Å². The van der Waals surface area contributed by atoms with Crippen molar-refractivity contribution in [3.63, 3.8) is 0 Å². The van der Waals surface area contributed by atoms with E-state index in [1.165, 1.54) is 6.07 Å². The first-order valence-electron chi connectivity index (χ1n) is 4.24. The van der Waals surface area contributed by atoms with E-state index in [2.05, 4.69) is 5.43 Å². The minimum Gasteiger partial charge on any atom is -0.398 e. The zero-order valence-corrected chi connectivity index (χ0v) is 8.54. The van der Waals surface area contributed by atoms with Crippen LogP contribution in [-0.4, -0.2) is 25.0 Å². The molecule has 0 aliphatic carbocycles. The van der Waals surface area contributed by atoms with Crippen LogP contribution in [0.5, 0.6) is 0 Å². The second-order valence-electron chi connectivity index (χ2n) is 3.29. The number of carbonyl (C=O) groups excluding carboxylic acids is 1. The van der Waals surface area contributed by atoms with Gasteiger partial charge < -0.3 is 16.9 Å². The van der Waals surface area contributed by atoms with Crippen molar-refractivity contribution in [2.45, 2.75) is 0 Å². The Bertz CT molecular complexity index is 392. The van der Waals surface area contributed by atoms with E-state index in [1.54, 1.807) is 19.1 Å². The van der Waals surface area contributed by atoms with Gasteiger partial charge in [-0.2, -0.15) is 0 Å². The number of nitrogens with zero attached hydrogens (tertiary/aromatic N) is 1. The lowest BCUT2D eigenvalue weighted by molar-refractivity contribution is 0.100. The van der Waals surface area contributed by atoms with Gasteiger partial charge in [-0.05, 0) is 12.1 Å². The van der Waals surface area contributed by atoms with Gasteiger partial charge in [0.1, 0.15) is 5.82 Å². The van der Waals surface area contributed by atoms with Crippen molar-refractivity contribution in [1.29, 1.82) is 0 Å². The highest BCUT2D eigenvalue weighted by molar-refractivity contribution is 5.99. The minimum atomic E-state index is -0.686. The monoisotopic (exact) mass is 212 g/mol. The fourth-order valence-electron chi connectivity index (χ4n) is 1.13. The molecule has 0 fully saturated rings. The van der Waals surface area contributed by atoms with Gasteiger partial charge in [0.05, 0.1) is 11.3 Å². The number of benzene rings is 1. The van der Waals surface area contributed by atoms with Gasteiger partial charge in [0.2, 0.25) is 0 Å². The molecule has 0 heterocycles. The van der Waals surface area contributed by atoms with E-state index in [0.717, 1.165) is 6.07 Å². The number of rotatable bonds is 3. The van der Waals surface area contributed by atoms with E-state index in [4.69, 9.17) is 11.5 Å². The average Bonchev–Trinajstić information content (AvgIpc) is 2.08. The maximum atomic E-state index is 13.3. The van der Waals surface area contributed by atoms with Gasteiger partial charge >= 0.3 is 0 Å². The molecular weight excluding hydrogens is 199 g/mol. The highest BCUT2D eigenvalue weighted by Gasteiger charge is 2.11. The Balaban J connectivity index is 3.17. The van der Waals surface area contributed by atoms with Gasteiger partial charge in [0.15, 0.2) is 0 Å². The van der Waals surface area contributed by atoms with Gasteiger partial charge in [-0.3, -0.25) is 4.79 Å². The van der Waals surface area contributed by atoms with Crippen molar-refractivity contribution >= 4 is 17.3 Å². The molecule has 0 bridgehead atoms. The molecule has 1 aromatic rings. The second-order valence-corrected chi connectivity index (χ2v) is 3.29. The van der Waals surface area contributed by atoms with Gasteiger partial charge in [-0.25, -0.2) is 9.40 Å². The summed E-state index contributed by atoms with van der Waals surface area (Å²) in [6.45, 7) is 0. The minimum absolute atomic E-state index is 0.0318. The molecule has 1 amide bonds. The van der Waals surface area contributed by atoms with Crippen LogP contribution in [0.15, 0.2) is 12.1 Å². The third-order valence-electron chi connectivity index (χ3n) is 1.75. The average molecular weight is 212 g/mol. The van der Waals surface area contributed by atoms with Crippen LogP contribution in [0, 0.1) is 5.82 Å². The van der Waals surface area contributed by atoms with Crippen molar-refractivity contribution in [2.75, 3.05) is 25.3 Å². The quantitative estimate of drug-likeness (QED) is 0.500. The number of nitrogen functional groups attached to an aromatic ring is 1. The number of primary amides is 1. The lowest BCUT2D eigenvalue weighted by Gasteiger charge is -2.15. The van der Waals surface area contributed by atoms with Crippen molar-refractivity contribution < 1.29 is 9.18 Å². The van der Waals surface area contributed by atoms with E-state index < -0.39 is 11.7 Å². The van der Waals surface area contributed by atoms with Crippen LogP contribution in [0.1, 0.15) is 10.4 Å². The normalized spacial score (nSPS) is 10.4. The van der Waals surface area contributed by atoms with Crippen molar-refractivity contribution in [2.24, 2.45) is 5.73 Å². The number of carbonyl (C=O) groups is 1. The number of nitrogens with one attached hydrogen (secondary N) is 1. The molecule has 0 spiro atoms. The van der Waals surface area contributed by atoms with Gasteiger partial charge in [-0.15, -0.1) is 0 Å².